The number of anilines is 1. The number of hydrogen-bond acceptors (Lipinski definition) is 4. The van der Waals surface area contributed by atoms with Crippen LogP contribution in [-0.4, -0.2) is 64.4 Å². The molecule has 1 aliphatic rings. The molecule has 0 fully saturated rings. The smallest absolute Gasteiger partial charge is 0.226 e. The zero-order chi connectivity index (χ0) is 23.8. The molecule has 180 valence electrons. The number of fused-ring (bicyclic) bond motifs is 1. The van der Waals surface area contributed by atoms with Crippen molar-refractivity contribution >= 4 is 17.5 Å². The third-order valence-electron chi connectivity index (χ3n) is 5.99. The van der Waals surface area contributed by atoms with Crippen molar-refractivity contribution in [2.45, 2.75) is 52.1 Å². The summed E-state index contributed by atoms with van der Waals surface area (Å²) in [5.74, 6) is -2.17. The van der Waals surface area contributed by atoms with Gasteiger partial charge in [-0.2, -0.15) is 0 Å². The fraction of sp³-hybridized carbons (Fsp3) is 0.542. The lowest BCUT2D eigenvalue weighted by Gasteiger charge is -2.31. The summed E-state index contributed by atoms with van der Waals surface area (Å²) in [6, 6.07) is 2.22. The predicted octanol–water partition coefficient (Wildman–Crippen LogP) is 3.44. The Labute approximate surface area is 194 Å². The number of carbonyl (C=O) groups is 2. The van der Waals surface area contributed by atoms with Crippen LogP contribution in [0.25, 0.3) is 0 Å². The van der Waals surface area contributed by atoms with Crippen molar-refractivity contribution in [1.29, 1.82) is 0 Å². The summed E-state index contributed by atoms with van der Waals surface area (Å²) < 4.78 is 30.4. The third-order valence-corrected chi connectivity index (χ3v) is 5.99. The first kappa shape index (κ1) is 24.8. The van der Waals surface area contributed by atoms with E-state index in [1.54, 1.807) is 24.3 Å². The highest BCUT2D eigenvalue weighted by molar-refractivity contribution is 5.94. The summed E-state index contributed by atoms with van der Waals surface area (Å²) in [6.45, 7) is 5.06. The second-order valence-corrected chi connectivity index (χ2v) is 8.52. The van der Waals surface area contributed by atoms with Crippen molar-refractivity contribution in [3.05, 3.63) is 48.1 Å². The minimum Gasteiger partial charge on any atom is -0.338 e. The van der Waals surface area contributed by atoms with Crippen molar-refractivity contribution in [2.24, 2.45) is 0 Å². The van der Waals surface area contributed by atoms with Crippen LogP contribution in [0.2, 0.25) is 0 Å². The average Bonchev–Trinajstić information content (AvgIpc) is 3.30. The second kappa shape index (κ2) is 11.9. The van der Waals surface area contributed by atoms with E-state index in [1.807, 2.05) is 17.8 Å². The van der Waals surface area contributed by atoms with Gasteiger partial charge in [-0.1, -0.05) is 6.92 Å². The lowest BCUT2D eigenvalue weighted by Crippen LogP contribution is -2.38. The Kier molecular flexibility index (Phi) is 8.94. The highest BCUT2D eigenvalue weighted by Crippen LogP contribution is 2.27. The maximum absolute atomic E-state index is 14.2. The number of aryl methyl sites for hydroxylation is 1. The van der Waals surface area contributed by atoms with Crippen LogP contribution in [0.4, 0.5) is 14.5 Å². The van der Waals surface area contributed by atoms with Crippen LogP contribution in [0.15, 0.2) is 30.9 Å². The van der Waals surface area contributed by atoms with Gasteiger partial charge >= 0.3 is 0 Å². The lowest BCUT2D eigenvalue weighted by molar-refractivity contribution is -0.132. The molecule has 3 rings (SSSR count). The number of benzene rings is 1. The number of imidazole rings is 1. The topological polar surface area (TPSA) is 61.7 Å². The molecule has 7 nitrogen and oxygen atoms in total. The van der Waals surface area contributed by atoms with Crippen LogP contribution in [0.1, 0.15) is 44.6 Å². The minimum absolute atomic E-state index is 0.0427. The summed E-state index contributed by atoms with van der Waals surface area (Å²) in [6.07, 6.45) is 8.00. The van der Waals surface area contributed by atoms with Crippen molar-refractivity contribution in [3.63, 3.8) is 0 Å². The van der Waals surface area contributed by atoms with Gasteiger partial charge in [0, 0.05) is 57.5 Å². The van der Waals surface area contributed by atoms with Gasteiger partial charge in [-0.3, -0.25) is 9.59 Å². The van der Waals surface area contributed by atoms with Gasteiger partial charge in [-0.05, 0) is 51.0 Å². The van der Waals surface area contributed by atoms with E-state index in [-0.39, 0.29) is 24.8 Å². The molecular weight excluding hydrogens is 428 g/mol. The monoisotopic (exact) mass is 461 g/mol. The van der Waals surface area contributed by atoms with Crippen LogP contribution in [-0.2, 0) is 22.7 Å². The molecule has 0 N–H and O–H groups in total. The van der Waals surface area contributed by atoms with E-state index < -0.39 is 11.6 Å². The summed E-state index contributed by atoms with van der Waals surface area (Å²) >= 11 is 0. The second-order valence-electron chi connectivity index (χ2n) is 8.52. The standard InChI is InChI=1S/C24H33F2N5O2/c1-3-23(32)31-13-6-10-28(2)9-5-12-30(17-19-15-20(25)21(26)16-22(19)31)24(33)7-4-11-29-14-8-27-18-29/h8,14-16,18H,3-7,9-13,17H2,1-2H3. The van der Waals surface area contributed by atoms with Crippen molar-refractivity contribution < 1.29 is 18.4 Å². The number of hydrogen-bond donors (Lipinski definition) is 0. The Balaban J connectivity index is 1.86. The van der Waals surface area contributed by atoms with E-state index >= 15 is 0 Å². The van der Waals surface area contributed by atoms with Gasteiger partial charge in [0.05, 0.1) is 12.0 Å². The van der Waals surface area contributed by atoms with Gasteiger partial charge < -0.3 is 19.3 Å². The maximum atomic E-state index is 14.2. The van der Waals surface area contributed by atoms with Crippen molar-refractivity contribution in [3.8, 4) is 0 Å². The zero-order valence-corrected chi connectivity index (χ0v) is 19.5. The normalized spacial score (nSPS) is 16.1. The van der Waals surface area contributed by atoms with E-state index in [0.717, 1.165) is 38.1 Å². The van der Waals surface area contributed by atoms with Gasteiger partial charge in [-0.25, -0.2) is 13.8 Å². The van der Waals surface area contributed by atoms with Crippen LogP contribution in [0.5, 0.6) is 0 Å². The molecule has 0 unspecified atom stereocenters. The van der Waals surface area contributed by atoms with E-state index in [1.165, 1.54) is 4.90 Å². The fourth-order valence-electron chi connectivity index (χ4n) is 4.16. The van der Waals surface area contributed by atoms with E-state index in [2.05, 4.69) is 9.88 Å². The van der Waals surface area contributed by atoms with Gasteiger partial charge in [-0.15, -0.1) is 0 Å². The first-order chi connectivity index (χ1) is 15.9. The fourth-order valence-corrected chi connectivity index (χ4v) is 4.16. The third kappa shape index (κ3) is 6.83. The number of nitrogens with zero attached hydrogens (tertiary/aromatic N) is 5. The summed E-state index contributed by atoms with van der Waals surface area (Å²) in [5.41, 5.74) is 0.799. The van der Waals surface area contributed by atoms with Gasteiger partial charge in [0.25, 0.3) is 0 Å². The molecule has 0 saturated heterocycles. The Hall–Kier alpha value is -2.81. The van der Waals surface area contributed by atoms with E-state index in [9.17, 15) is 18.4 Å². The predicted molar refractivity (Wildman–Crippen MR) is 123 cm³/mol. The first-order valence-electron chi connectivity index (χ1n) is 11.6. The molecule has 2 heterocycles. The molecule has 9 heteroatoms. The highest BCUT2D eigenvalue weighted by atomic mass is 19.2. The zero-order valence-electron chi connectivity index (χ0n) is 19.5. The molecule has 0 saturated carbocycles. The molecule has 1 aliphatic heterocycles. The summed E-state index contributed by atoms with van der Waals surface area (Å²) in [7, 11) is 2.01. The van der Waals surface area contributed by atoms with Gasteiger partial charge in [0.1, 0.15) is 0 Å². The number of halogens is 2. The Bertz CT molecular complexity index is 935. The molecule has 1 aromatic heterocycles. The number of carbonyl (C=O) groups excluding carboxylic acids is 2. The molecule has 33 heavy (non-hydrogen) atoms. The van der Waals surface area contributed by atoms with E-state index in [0.29, 0.717) is 43.7 Å². The molecule has 1 aromatic carbocycles. The molecule has 0 spiro atoms. The van der Waals surface area contributed by atoms with Gasteiger partial charge in [0.2, 0.25) is 11.8 Å². The number of rotatable bonds is 5. The van der Waals surface area contributed by atoms with E-state index in [4.69, 9.17) is 0 Å². The van der Waals surface area contributed by atoms with Crippen LogP contribution < -0.4 is 4.90 Å². The molecule has 0 atom stereocenters. The molecule has 2 amide bonds. The maximum Gasteiger partial charge on any atom is 0.226 e. The van der Waals surface area contributed by atoms with Gasteiger partial charge in [0.15, 0.2) is 11.6 Å². The average molecular weight is 462 g/mol. The molecule has 0 bridgehead atoms. The van der Waals surface area contributed by atoms with Crippen LogP contribution >= 0.6 is 0 Å². The summed E-state index contributed by atoms with van der Waals surface area (Å²) in [5, 5.41) is 0. The molecule has 0 aliphatic carbocycles. The molecule has 2 aromatic rings. The Morgan fingerprint density at radius 3 is 2.45 bits per heavy atom. The lowest BCUT2D eigenvalue weighted by atomic mass is 10.1. The van der Waals surface area contributed by atoms with Crippen LogP contribution in [0, 0.1) is 11.6 Å². The van der Waals surface area contributed by atoms with Crippen LogP contribution in [0.3, 0.4) is 0 Å². The Morgan fingerprint density at radius 1 is 1.03 bits per heavy atom. The number of aromatic nitrogens is 2. The highest BCUT2D eigenvalue weighted by Gasteiger charge is 2.24. The Morgan fingerprint density at radius 2 is 1.76 bits per heavy atom. The molecular formula is C24H33F2N5O2. The summed E-state index contributed by atoms with van der Waals surface area (Å²) in [4.78, 5) is 35.2. The number of amides is 2. The largest absolute Gasteiger partial charge is 0.338 e. The van der Waals surface area contributed by atoms with Crippen molar-refractivity contribution in [1.82, 2.24) is 19.4 Å². The first-order valence-corrected chi connectivity index (χ1v) is 11.6. The SMILES string of the molecule is CCC(=O)N1CCCN(C)CCCN(C(=O)CCCn2ccnc2)Cc2cc(F)c(F)cc21. The molecule has 0 radical (unpaired) electrons. The quantitative estimate of drug-likeness (QED) is 0.685. The minimum atomic E-state index is -0.995. The van der Waals surface area contributed by atoms with Crippen molar-refractivity contribution in [2.75, 3.05) is 38.1 Å².